The normalized spacial score (nSPS) is 10.5. The smallest absolute Gasteiger partial charge is 0.167 e. The Labute approximate surface area is 124 Å². The highest BCUT2D eigenvalue weighted by Crippen LogP contribution is 2.26. The summed E-state index contributed by atoms with van der Waals surface area (Å²) in [5.74, 6) is -0.304. The van der Waals surface area contributed by atoms with E-state index in [9.17, 15) is 4.39 Å². The van der Waals surface area contributed by atoms with Crippen molar-refractivity contribution in [1.29, 1.82) is 0 Å². The second-order valence-corrected chi connectivity index (χ2v) is 5.49. The minimum Gasteiger partial charge on any atom is -0.486 e. The van der Waals surface area contributed by atoms with Crippen LogP contribution in [0, 0.1) is 12.7 Å². The first-order valence-electron chi connectivity index (χ1n) is 5.59. The van der Waals surface area contributed by atoms with Gasteiger partial charge in [0.1, 0.15) is 6.61 Å². The molecule has 2 nitrogen and oxygen atoms in total. The Hall–Kier alpha value is -1.26. The summed E-state index contributed by atoms with van der Waals surface area (Å²) in [5, 5.41) is 0.571. The number of halogens is 3. The Morgan fingerprint density at radius 3 is 2.74 bits per heavy atom. The molecule has 2 aromatic rings. The van der Waals surface area contributed by atoms with Gasteiger partial charge < -0.3 is 10.5 Å². The van der Waals surface area contributed by atoms with Crippen LogP contribution >= 0.6 is 27.5 Å². The van der Waals surface area contributed by atoms with Crippen molar-refractivity contribution < 1.29 is 9.13 Å². The van der Waals surface area contributed by atoms with Gasteiger partial charge in [0.2, 0.25) is 0 Å². The lowest BCUT2D eigenvalue weighted by atomic mass is 10.2. The van der Waals surface area contributed by atoms with Crippen LogP contribution in [0.4, 0.5) is 10.1 Å². The average Bonchev–Trinajstić information content (AvgIpc) is 2.34. The second-order valence-electron chi connectivity index (χ2n) is 4.16. The molecule has 2 N–H and O–H groups in total. The third-order valence-electron chi connectivity index (χ3n) is 2.72. The zero-order chi connectivity index (χ0) is 14.0. The summed E-state index contributed by atoms with van der Waals surface area (Å²) in [5.41, 5.74) is 7.59. The van der Waals surface area contributed by atoms with Crippen LogP contribution < -0.4 is 10.5 Å². The van der Waals surface area contributed by atoms with Gasteiger partial charge in [-0.1, -0.05) is 33.6 Å². The minimum atomic E-state index is -0.476. The molecule has 0 heterocycles. The molecule has 2 aromatic carbocycles. The van der Waals surface area contributed by atoms with Gasteiger partial charge in [-0.3, -0.25) is 0 Å². The molecular formula is C14H12BrClFNO. The molecule has 0 aliphatic rings. The first-order valence-corrected chi connectivity index (χ1v) is 6.77. The van der Waals surface area contributed by atoms with Crippen LogP contribution in [0.1, 0.15) is 11.1 Å². The number of ether oxygens (including phenoxy) is 1. The van der Waals surface area contributed by atoms with Crippen LogP contribution in [0.15, 0.2) is 34.8 Å². The van der Waals surface area contributed by atoms with Crippen LogP contribution in [-0.2, 0) is 6.61 Å². The van der Waals surface area contributed by atoms with Crippen molar-refractivity contribution in [2.75, 3.05) is 5.73 Å². The van der Waals surface area contributed by atoms with Gasteiger partial charge in [0.25, 0.3) is 0 Å². The highest BCUT2D eigenvalue weighted by molar-refractivity contribution is 9.10. The van der Waals surface area contributed by atoms with Crippen molar-refractivity contribution in [3.63, 3.8) is 0 Å². The van der Waals surface area contributed by atoms with Gasteiger partial charge in [0.15, 0.2) is 11.6 Å². The van der Waals surface area contributed by atoms with Crippen molar-refractivity contribution >= 4 is 33.2 Å². The van der Waals surface area contributed by atoms with E-state index in [4.69, 9.17) is 22.1 Å². The third-order valence-corrected chi connectivity index (χ3v) is 3.56. The third kappa shape index (κ3) is 3.39. The molecule has 0 unspecified atom stereocenters. The number of hydrogen-bond acceptors (Lipinski definition) is 2. The van der Waals surface area contributed by atoms with Gasteiger partial charge >= 0.3 is 0 Å². The first kappa shape index (κ1) is 14.2. The number of nitrogens with two attached hydrogens (primary N) is 1. The Bertz CT molecular complexity index is 619. The lowest BCUT2D eigenvalue weighted by Crippen LogP contribution is -2.00. The maximum atomic E-state index is 13.7. The van der Waals surface area contributed by atoms with Crippen molar-refractivity contribution in [2.45, 2.75) is 13.5 Å². The maximum absolute atomic E-state index is 13.7. The van der Waals surface area contributed by atoms with Crippen molar-refractivity contribution in [3.8, 4) is 5.75 Å². The van der Waals surface area contributed by atoms with Crippen LogP contribution in [0.25, 0.3) is 0 Å². The molecule has 5 heteroatoms. The first-order chi connectivity index (χ1) is 8.97. The molecule has 0 atom stereocenters. The van der Waals surface area contributed by atoms with E-state index in [2.05, 4.69) is 15.9 Å². The summed E-state index contributed by atoms with van der Waals surface area (Å²) in [6.07, 6.45) is 0. The number of hydrogen-bond donors (Lipinski definition) is 1. The summed E-state index contributed by atoms with van der Waals surface area (Å²) in [6, 6.07) is 8.29. The molecule has 0 bridgehead atoms. The molecule has 0 amide bonds. The average molecular weight is 345 g/mol. The fourth-order valence-corrected chi connectivity index (χ4v) is 2.30. The Balaban J connectivity index is 2.16. The molecule has 100 valence electrons. The van der Waals surface area contributed by atoms with Crippen LogP contribution in [0.2, 0.25) is 5.02 Å². The standard InChI is InChI=1S/C14H12BrClFNO/c1-8-4-14(12(17)6-13(8)18)19-7-9-2-3-10(15)5-11(9)16/h2-6H,7,18H2,1H3. The number of anilines is 1. The van der Waals surface area contributed by atoms with E-state index in [1.165, 1.54) is 6.07 Å². The number of rotatable bonds is 3. The van der Waals surface area contributed by atoms with Gasteiger partial charge in [-0.05, 0) is 30.7 Å². The minimum absolute atomic E-state index is 0.172. The van der Waals surface area contributed by atoms with Crippen LogP contribution in [0.5, 0.6) is 5.75 Å². The molecule has 0 saturated carbocycles. The number of aryl methyl sites for hydroxylation is 1. The molecule has 0 aliphatic carbocycles. The highest BCUT2D eigenvalue weighted by Gasteiger charge is 2.08. The summed E-state index contributed by atoms with van der Waals surface area (Å²) in [6.45, 7) is 2.00. The molecule has 19 heavy (non-hydrogen) atoms. The molecule has 0 fully saturated rings. The van der Waals surface area contributed by atoms with Crippen LogP contribution in [0.3, 0.4) is 0 Å². The predicted octanol–water partition coefficient (Wildman–Crippen LogP) is 4.71. The van der Waals surface area contributed by atoms with E-state index in [1.54, 1.807) is 19.1 Å². The monoisotopic (exact) mass is 343 g/mol. The molecule has 0 radical (unpaired) electrons. The van der Waals surface area contributed by atoms with Gasteiger partial charge in [-0.25, -0.2) is 4.39 Å². The van der Waals surface area contributed by atoms with Gasteiger partial charge in [-0.15, -0.1) is 0 Å². The Kier molecular flexibility index (Phi) is 4.32. The fourth-order valence-electron chi connectivity index (χ4n) is 1.58. The zero-order valence-corrected chi connectivity index (χ0v) is 12.6. The van der Waals surface area contributed by atoms with Gasteiger partial charge in [0.05, 0.1) is 0 Å². The van der Waals surface area contributed by atoms with E-state index in [-0.39, 0.29) is 12.4 Å². The van der Waals surface area contributed by atoms with Crippen molar-refractivity contribution in [3.05, 3.63) is 56.8 Å². The van der Waals surface area contributed by atoms with E-state index in [1.807, 2.05) is 12.1 Å². The Morgan fingerprint density at radius 2 is 2.05 bits per heavy atom. The van der Waals surface area contributed by atoms with Gasteiger partial charge in [-0.2, -0.15) is 0 Å². The summed E-state index contributed by atoms with van der Waals surface area (Å²) in [4.78, 5) is 0. The van der Waals surface area contributed by atoms with Crippen molar-refractivity contribution in [2.24, 2.45) is 0 Å². The van der Waals surface area contributed by atoms with E-state index >= 15 is 0 Å². The molecule has 2 rings (SSSR count). The van der Waals surface area contributed by atoms with Crippen molar-refractivity contribution in [1.82, 2.24) is 0 Å². The van der Waals surface area contributed by atoms with Crippen LogP contribution in [-0.4, -0.2) is 0 Å². The fraction of sp³-hybridized carbons (Fsp3) is 0.143. The Morgan fingerprint density at radius 1 is 1.32 bits per heavy atom. The quantitative estimate of drug-likeness (QED) is 0.818. The number of benzene rings is 2. The summed E-state index contributed by atoms with van der Waals surface area (Å²) < 4.78 is 20.0. The highest BCUT2D eigenvalue weighted by atomic mass is 79.9. The van der Waals surface area contributed by atoms with E-state index in [0.29, 0.717) is 10.7 Å². The summed E-state index contributed by atoms with van der Waals surface area (Å²) >= 11 is 9.39. The predicted molar refractivity (Wildman–Crippen MR) is 79.0 cm³/mol. The zero-order valence-electron chi connectivity index (χ0n) is 10.2. The molecule has 0 spiro atoms. The topological polar surface area (TPSA) is 35.2 Å². The molecule has 0 aliphatic heterocycles. The van der Waals surface area contributed by atoms with Gasteiger partial charge in [0, 0.05) is 26.8 Å². The maximum Gasteiger partial charge on any atom is 0.167 e. The number of nitrogen functional groups attached to an aromatic ring is 1. The summed E-state index contributed by atoms with van der Waals surface area (Å²) in [7, 11) is 0. The largest absolute Gasteiger partial charge is 0.486 e. The lowest BCUT2D eigenvalue weighted by Gasteiger charge is -2.10. The lowest BCUT2D eigenvalue weighted by molar-refractivity contribution is 0.290. The molecular weight excluding hydrogens is 333 g/mol. The van der Waals surface area contributed by atoms with E-state index in [0.717, 1.165) is 15.6 Å². The van der Waals surface area contributed by atoms with E-state index < -0.39 is 5.82 Å². The molecule has 0 aromatic heterocycles. The SMILES string of the molecule is Cc1cc(OCc2ccc(Br)cc2Cl)c(F)cc1N. The molecule has 0 saturated heterocycles. The second kappa shape index (κ2) is 5.80.